The zero-order valence-electron chi connectivity index (χ0n) is 12.3. The van der Waals surface area contributed by atoms with E-state index in [4.69, 9.17) is 9.15 Å². The number of ether oxygens (including phenoxy) is 1. The third kappa shape index (κ3) is 3.61. The van der Waals surface area contributed by atoms with Crippen molar-refractivity contribution in [1.29, 1.82) is 0 Å². The van der Waals surface area contributed by atoms with E-state index in [2.05, 4.69) is 10.2 Å². The largest absolute Gasteiger partial charge is 0.497 e. The second-order valence-corrected chi connectivity index (χ2v) is 4.80. The van der Waals surface area contributed by atoms with Crippen LogP contribution in [0.2, 0.25) is 0 Å². The number of hydrogen-bond donors (Lipinski definition) is 0. The first kappa shape index (κ1) is 14.1. The molecule has 4 nitrogen and oxygen atoms in total. The van der Waals surface area contributed by atoms with E-state index >= 15 is 0 Å². The Balaban J connectivity index is 1.67. The summed E-state index contributed by atoms with van der Waals surface area (Å²) >= 11 is 0. The van der Waals surface area contributed by atoms with Gasteiger partial charge in [0.05, 0.1) is 13.5 Å². The number of nitrogens with zero attached hydrogens (tertiary/aromatic N) is 2. The average molecular weight is 292 g/mol. The maximum absolute atomic E-state index is 5.62. The molecule has 1 heterocycles. The first-order chi connectivity index (χ1) is 10.8. The Kier molecular flexibility index (Phi) is 4.30. The maximum atomic E-state index is 5.62. The molecule has 0 atom stereocenters. The third-order valence-electron chi connectivity index (χ3n) is 3.21. The van der Waals surface area contributed by atoms with Crippen LogP contribution in [0.3, 0.4) is 0 Å². The van der Waals surface area contributed by atoms with Gasteiger partial charge in [-0.2, -0.15) is 0 Å². The SMILES string of the molecule is COc1ccc(C=Cc2nnc(Cc3ccccc3)o2)cc1. The topological polar surface area (TPSA) is 48.2 Å². The van der Waals surface area contributed by atoms with Crippen LogP contribution >= 0.6 is 0 Å². The van der Waals surface area contributed by atoms with Crippen molar-refractivity contribution in [3.63, 3.8) is 0 Å². The van der Waals surface area contributed by atoms with Gasteiger partial charge in [-0.25, -0.2) is 0 Å². The molecule has 2 aromatic carbocycles. The Morgan fingerprint density at radius 1 is 0.955 bits per heavy atom. The molecule has 0 saturated carbocycles. The molecule has 0 unspecified atom stereocenters. The fraction of sp³-hybridized carbons (Fsp3) is 0.111. The molecule has 0 radical (unpaired) electrons. The molecule has 0 aliphatic carbocycles. The summed E-state index contributed by atoms with van der Waals surface area (Å²) in [6, 6.07) is 17.8. The van der Waals surface area contributed by atoms with Gasteiger partial charge in [-0.3, -0.25) is 0 Å². The highest BCUT2D eigenvalue weighted by Gasteiger charge is 2.04. The second-order valence-electron chi connectivity index (χ2n) is 4.80. The minimum absolute atomic E-state index is 0.502. The van der Waals surface area contributed by atoms with Crippen LogP contribution in [0.15, 0.2) is 59.0 Å². The molecule has 3 rings (SSSR count). The monoisotopic (exact) mass is 292 g/mol. The van der Waals surface area contributed by atoms with Crippen molar-refractivity contribution in [2.24, 2.45) is 0 Å². The summed E-state index contributed by atoms with van der Waals surface area (Å²) in [5.41, 5.74) is 2.19. The number of rotatable bonds is 5. The van der Waals surface area contributed by atoms with Crippen molar-refractivity contribution >= 4 is 12.2 Å². The minimum Gasteiger partial charge on any atom is -0.497 e. The first-order valence-corrected chi connectivity index (χ1v) is 7.02. The fourth-order valence-corrected chi connectivity index (χ4v) is 2.06. The van der Waals surface area contributed by atoms with E-state index < -0.39 is 0 Å². The van der Waals surface area contributed by atoms with Gasteiger partial charge in [-0.15, -0.1) is 10.2 Å². The van der Waals surface area contributed by atoms with Crippen LogP contribution in [-0.4, -0.2) is 17.3 Å². The Bertz CT molecular complexity index is 746. The minimum atomic E-state index is 0.502. The van der Waals surface area contributed by atoms with Crippen molar-refractivity contribution in [1.82, 2.24) is 10.2 Å². The van der Waals surface area contributed by atoms with Crippen LogP contribution in [0, 0.1) is 0 Å². The summed E-state index contributed by atoms with van der Waals surface area (Å²) in [5.74, 6) is 1.95. The molecule has 1 aromatic heterocycles. The van der Waals surface area contributed by atoms with Gasteiger partial charge in [-0.05, 0) is 29.3 Å². The van der Waals surface area contributed by atoms with Crippen molar-refractivity contribution in [2.75, 3.05) is 7.11 Å². The van der Waals surface area contributed by atoms with E-state index in [9.17, 15) is 0 Å². The molecular formula is C18H16N2O2. The Hall–Kier alpha value is -2.88. The molecule has 0 fully saturated rings. The van der Waals surface area contributed by atoms with Gasteiger partial charge in [0.2, 0.25) is 11.8 Å². The number of methoxy groups -OCH3 is 1. The molecular weight excluding hydrogens is 276 g/mol. The van der Waals surface area contributed by atoms with Gasteiger partial charge in [0.25, 0.3) is 0 Å². The summed E-state index contributed by atoms with van der Waals surface area (Å²) in [5, 5.41) is 8.10. The average Bonchev–Trinajstić information content (AvgIpc) is 3.02. The van der Waals surface area contributed by atoms with E-state index in [0.717, 1.165) is 16.9 Å². The Labute approximate surface area is 129 Å². The normalized spacial score (nSPS) is 11.0. The zero-order chi connectivity index (χ0) is 15.2. The summed E-state index contributed by atoms with van der Waals surface area (Å²) in [4.78, 5) is 0. The molecule has 0 N–H and O–H groups in total. The number of benzene rings is 2. The van der Waals surface area contributed by atoms with Crippen molar-refractivity contribution in [3.8, 4) is 5.75 Å². The van der Waals surface area contributed by atoms with E-state index in [1.165, 1.54) is 0 Å². The Morgan fingerprint density at radius 2 is 1.73 bits per heavy atom. The molecule has 110 valence electrons. The van der Waals surface area contributed by atoms with Crippen LogP contribution in [-0.2, 0) is 6.42 Å². The van der Waals surface area contributed by atoms with Gasteiger partial charge >= 0.3 is 0 Å². The lowest BCUT2D eigenvalue weighted by atomic mass is 10.2. The lowest BCUT2D eigenvalue weighted by Gasteiger charge is -1.98. The quantitative estimate of drug-likeness (QED) is 0.717. The summed E-state index contributed by atoms with van der Waals surface area (Å²) in [7, 11) is 1.65. The molecule has 0 aliphatic rings. The Morgan fingerprint density at radius 3 is 2.45 bits per heavy atom. The molecule has 4 heteroatoms. The lowest BCUT2D eigenvalue weighted by molar-refractivity contribution is 0.415. The highest BCUT2D eigenvalue weighted by atomic mass is 16.5. The number of hydrogen-bond acceptors (Lipinski definition) is 4. The summed E-state index contributed by atoms with van der Waals surface area (Å²) < 4.78 is 10.7. The molecule has 22 heavy (non-hydrogen) atoms. The van der Waals surface area contributed by atoms with Gasteiger partial charge in [0.1, 0.15) is 5.75 Å². The summed E-state index contributed by atoms with van der Waals surface area (Å²) in [6.07, 6.45) is 4.38. The maximum Gasteiger partial charge on any atom is 0.240 e. The molecule has 0 amide bonds. The van der Waals surface area contributed by atoms with Crippen LogP contribution in [0.25, 0.3) is 12.2 Å². The zero-order valence-corrected chi connectivity index (χ0v) is 12.3. The van der Waals surface area contributed by atoms with Crippen LogP contribution in [0.1, 0.15) is 22.9 Å². The standard InChI is InChI=1S/C18H16N2O2/c1-21-16-10-7-14(8-11-16)9-12-17-19-20-18(22-17)13-15-5-3-2-4-6-15/h2-12H,13H2,1H3. The highest BCUT2D eigenvalue weighted by Crippen LogP contribution is 2.14. The third-order valence-corrected chi connectivity index (χ3v) is 3.21. The predicted octanol–water partition coefficient (Wildman–Crippen LogP) is 3.84. The van der Waals surface area contributed by atoms with Gasteiger partial charge in [-0.1, -0.05) is 42.5 Å². The molecule has 0 bridgehead atoms. The van der Waals surface area contributed by atoms with Gasteiger partial charge in [0, 0.05) is 6.08 Å². The lowest BCUT2D eigenvalue weighted by Crippen LogP contribution is -1.87. The molecule has 0 aliphatic heterocycles. The van der Waals surface area contributed by atoms with Gasteiger partial charge < -0.3 is 9.15 Å². The molecule has 0 spiro atoms. The van der Waals surface area contributed by atoms with E-state index in [-0.39, 0.29) is 0 Å². The summed E-state index contributed by atoms with van der Waals surface area (Å²) in [6.45, 7) is 0. The van der Waals surface area contributed by atoms with E-state index in [0.29, 0.717) is 18.2 Å². The van der Waals surface area contributed by atoms with Crippen LogP contribution < -0.4 is 4.74 Å². The predicted molar refractivity (Wildman–Crippen MR) is 85.5 cm³/mol. The fourth-order valence-electron chi connectivity index (χ4n) is 2.06. The molecule has 3 aromatic rings. The molecule has 0 saturated heterocycles. The van der Waals surface area contributed by atoms with Crippen molar-refractivity contribution in [3.05, 3.63) is 77.5 Å². The van der Waals surface area contributed by atoms with Crippen molar-refractivity contribution < 1.29 is 9.15 Å². The van der Waals surface area contributed by atoms with E-state index in [1.54, 1.807) is 7.11 Å². The van der Waals surface area contributed by atoms with Gasteiger partial charge in [0.15, 0.2) is 0 Å². The van der Waals surface area contributed by atoms with Crippen LogP contribution in [0.4, 0.5) is 0 Å². The highest BCUT2D eigenvalue weighted by molar-refractivity contribution is 5.66. The first-order valence-electron chi connectivity index (χ1n) is 7.02. The van der Waals surface area contributed by atoms with Crippen LogP contribution in [0.5, 0.6) is 5.75 Å². The smallest absolute Gasteiger partial charge is 0.240 e. The van der Waals surface area contributed by atoms with Crippen molar-refractivity contribution in [2.45, 2.75) is 6.42 Å². The number of aromatic nitrogens is 2. The van der Waals surface area contributed by atoms with E-state index in [1.807, 2.05) is 66.7 Å². The second kappa shape index (κ2) is 6.72.